The standard InChI is InChI=1S/C28H27N3O3S/c32-27(29-19-10-20-35(33,34)22-23-11-4-1-5-12-23)18-17-25-21-31(26-15-8-3-9-16-26)30-28(25)24-13-6-2-7-14-24/h1-9,11-18,21H,10,19-20,22H2,(H,29,32). The van der Waals surface area contributed by atoms with Crippen LogP contribution in [0.3, 0.4) is 0 Å². The second kappa shape index (κ2) is 11.4. The Kier molecular flexibility index (Phi) is 7.90. The maximum atomic E-state index is 12.4. The van der Waals surface area contributed by atoms with E-state index in [0.29, 0.717) is 6.42 Å². The van der Waals surface area contributed by atoms with E-state index in [1.54, 1.807) is 22.9 Å². The summed E-state index contributed by atoms with van der Waals surface area (Å²) in [6.45, 7) is 0.284. The molecular formula is C28H27N3O3S. The van der Waals surface area contributed by atoms with Crippen LogP contribution in [0.5, 0.6) is 0 Å². The number of aromatic nitrogens is 2. The number of hydrogen-bond acceptors (Lipinski definition) is 4. The molecule has 0 fully saturated rings. The molecule has 0 unspecified atom stereocenters. The quantitative estimate of drug-likeness (QED) is 0.261. The lowest BCUT2D eigenvalue weighted by molar-refractivity contribution is -0.116. The third kappa shape index (κ3) is 7.01. The molecule has 178 valence electrons. The van der Waals surface area contributed by atoms with Crippen LogP contribution in [0.25, 0.3) is 23.0 Å². The second-order valence-corrected chi connectivity index (χ2v) is 10.3. The Morgan fingerprint density at radius 1 is 0.886 bits per heavy atom. The highest BCUT2D eigenvalue weighted by Crippen LogP contribution is 2.24. The molecule has 0 saturated carbocycles. The molecule has 0 atom stereocenters. The average Bonchev–Trinajstić information content (AvgIpc) is 3.31. The smallest absolute Gasteiger partial charge is 0.244 e. The first-order valence-electron chi connectivity index (χ1n) is 11.4. The minimum Gasteiger partial charge on any atom is -0.353 e. The van der Waals surface area contributed by atoms with Gasteiger partial charge in [0.2, 0.25) is 5.91 Å². The summed E-state index contributed by atoms with van der Waals surface area (Å²) >= 11 is 0. The van der Waals surface area contributed by atoms with Gasteiger partial charge < -0.3 is 5.32 Å². The molecule has 4 rings (SSSR count). The summed E-state index contributed by atoms with van der Waals surface area (Å²) in [6.07, 6.45) is 5.43. The van der Waals surface area contributed by atoms with E-state index in [0.717, 1.165) is 28.1 Å². The second-order valence-electron chi connectivity index (χ2n) is 8.13. The van der Waals surface area contributed by atoms with Gasteiger partial charge in [-0.05, 0) is 30.2 Å². The first-order valence-corrected chi connectivity index (χ1v) is 13.2. The van der Waals surface area contributed by atoms with Crippen LogP contribution in [0.4, 0.5) is 0 Å². The number of rotatable bonds is 10. The van der Waals surface area contributed by atoms with Crippen molar-refractivity contribution in [3.05, 3.63) is 114 Å². The Labute approximate surface area is 205 Å². The Balaban J connectivity index is 1.37. The summed E-state index contributed by atoms with van der Waals surface area (Å²) < 4.78 is 26.4. The van der Waals surface area contributed by atoms with Crippen LogP contribution in [0.1, 0.15) is 17.5 Å². The number of amides is 1. The van der Waals surface area contributed by atoms with E-state index >= 15 is 0 Å². The van der Waals surface area contributed by atoms with E-state index in [2.05, 4.69) is 5.32 Å². The van der Waals surface area contributed by atoms with Gasteiger partial charge in [-0.25, -0.2) is 13.1 Å². The van der Waals surface area contributed by atoms with Crippen LogP contribution in [0.2, 0.25) is 0 Å². The van der Waals surface area contributed by atoms with Gasteiger partial charge >= 0.3 is 0 Å². The third-order valence-electron chi connectivity index (χ3n) is 5.39. The van der Waals surface area contributed by atoms with Crippen LogP contribution in [0, 0.1) is 0 Å². The fraction of sp³-hybridized carbons (Fsp3) is 0.143. The minimum absolute atomic E-state index is 0.00928. The summed E-state index contributed by atoms with van der Waals surface area (Å²) in [7, 11) is -3.23. The van der Waals surface area contributed by atoms with E-state index in [9.17, 15) is 13.2 Å². The summed E-state index contributed by atoms with van der Waals surface area (Å²) in [5.41, 5.74) is 4.22. The minimum atomic E-state index is -3.23. The molecule has 0 radical (unpaired) electrons. The predicted molar refractivity (Wildman–Crippen MR) is 140 cm³/mol. The van der Waals surface area contributed by atoms with Gasteiger partial charge in [-0.15, -0.1) is 0 Å². The van der Waals surface area contributed by atoms with Crippen molar-refractivity contribution in [2.24, 2.45) is 0 Å². The molecule has 0 aliphatic heterocycles. The van der Waals surface area contributed by atoms with E-state index in [-0.39, 0.29) is 24.0 Å². The van der Waals surface area contributed by atoms with Gasteiger partial charge in [-0.1, -0.05) is 78.9 Å². The number of nitrogens with one attached hydrogen (secondary N) is 1. The summed E-state index contributed by atoms with van der Waals surface area (Å²) in [6, 6.07) is 28.7. The molecule has 0 aliphatic carbocycles. The molecule has 6 nitrogen and oxygen atoms in total. The van der Waals surface area contributed by atoms with Crippen molar-refractivity contribution in [3.8, 4) is 16.9 Å². The molecule has 1 N–H and O–H groups in total. The highest BCUT2D eigenvalue weighted by Gasteiger charge is 2.12. The number of sulfone groups is 1. The summed E-state index contributed by atoms with van der Waals surface area (Å²) in [5.74, 6) is -0.250. The molecule has 1 aromatic heterocycles. The van der Waals surface area contributed by atoms with E-state index in [1.165, 1.54) is 6.08 Å². The van der Waals surface area contributed by atoms with Gasteiger partial charge in [0.1, 0.15) is 0 Å². The van der Waals surface area contributed by atoms with E-state index in [4.69, 9.17) is 5.10 Å². The van der Waals surface area contributed by atoms with E-state index < -0.39 is 9.84 Å². The Hall–Kier alpha value is -3.97. The number of nitrogens with zero attached hydrogens (tertiary/aromatic N) is 2. The number of hydrogen-bond donors (Lipinski definition) is 1. The number of benzene rings is 3. The lowest BCUT2D eigenvalue weighted by Gasteiger charge is -2.05. The van der Waals surface area contributed by atoms with Crippen LogP contribution < -0.4 is 5.32 Å². The fourth-order valence-corrected chi connectivity index (χ4v) is 5.10. The van der Waals surface area contributed by atoms with Crippen molar-refractivity contribution in [2.45, 2.75) is 12.2 Å². The molecule has 1 heterocycles. The zero-order valence-electron chi connectivity index (χ0n) is 19.2. The molecule has 35 heavy (non-hydrogen) atoms. The molecule has 4 aromatic rings. The monoisotopic (exact) mass is 485 g/mol. The molecular weight excluding hydrogens is 458 g/mol. The van der Waals surface area contributed by atoms with Gasteiger partial charge in [0.15, 0.2) is 9.84 Å². The van der Waals surface area contributed by atoms with Crippen molar-refractivity contribution in [2.75, 3.05) is 12.3 Å². The lowest BCUT2D eigenvalue weighted by Crippen LogP contribution is -2.24. The highest BCUT2D eigenvalue weighted by atomic mass is 32.2. The summed E-state index contributed by atoms with van der Waals surface area (Å²) in [4.78, 5) is 12.4. The van der Waals surface area contributed by atoms with Crippen molar-refractivity contribution in [3.63, 3.8) is 0 Å². The molecule has 1 amide bonds. The molecule has 0 saturated heterocycles. The van der Waals surface area contributed by atoms with Crippen molar-refractivity contribution >= 4 is 21.8 Å². The maximum Gasteiger partial charge on any atom is 0.244 e. The number of carbonyl (C=O) groups excluding carboxylic acids is 1. The Morgan fingerprint density at radius 2 is 1.51 bits per heavy atom. The Morgan fingerprint density at radius 3 is 2.20 bits per heavy atom. The number of carbonyl (C=O) groups is 1. The largest absolute Gasteiger partial charge is 0.353 e. The zero-order chi connectivity index (χ0) is 24.5. The molecule has 0 spiro atoms. The first-order chi connectivity index (χ1) is 17.0. The maximum absolute atomic E-state index is 12.4. The van der Waals surface area contributed by atoms with E-state index in [1.807, 2.05) is 85.1 Å². The van der Waals surface area contributed by atoms with Gasteiger partial charge in [0.25, 0.3) is 0 Å². The highest BCUT2D eigenvalue weighted by molar-refractivity contribution is 7.90. The van der Waals surface area contributed by atoms with Gasteiger partial charge in [0, 0.05) is 29.9 Å². The zero-order valence-corrected chi connectivity index (χ0v) is 20.1. The third-order valence-corrected chi connectivity index (χ3v) is 7.07. The normalized spacial score (nSPS) is 11.5. The van der Waals surface area contributed by atoms with Gasteiger partial charge in [0.05, 0.1) is 22.9 Å². The van der Waals surface area contributed by atoms with Crippen LogP contribution in [-0.4, -0.2) is 36.4 Å². The lowest BCUT2D eigenvalue weighted by atomic mass is 10.1. The molecule has 7 heteroatoms. The van der Waals surface area contributed by atoms with Crippen molar-refractivity contribution < 1.29 is 13.2 Å². The summed E-state index contributed by atoms with van der Waals surface area (Å²) in [5, 5.41) is 7.50. The van der Waals surface area contributed by atoms with Crippen molar-refractivity contribution in [1.29, 1.82) is 0 Å². The first kappa shape index (κ1) is 24.2. The Bertz CT molecular complexity index is 1380. The van der Waals surface area contributed by atoms with Crippen LogP contribution in [0.15, 0.2) is 103 Å². The average molecular weight is 486 g/mol. The topological polar surface area (TPSA) is 81.1 Å². The van der Waals surface area contributed by atoms with Crippen LogP contribution in [-0.2, 0) is 20.4 Å². The molecule has 0 bridgehead atoms. The van der Waals surface area contributed by atoms with Crippen molar-refractivity contribution in [1.82, 2.24) is 15.1 Å². The fourth-order valence-electron chi connectivity index (χ4n) is 3.67. The SMILES string of the molecule is O=C(C=Cc1cn(-c2ccccc2)nc1-c1ccccc1)NCCCS(=O)(=O)Cc1ccccc1. The predicted octanol–water partition coefficient (Wildman–Crippen LogP) is 4.67. The van der Waals surface area contributed by atoms with Gasteiger partial charge in [-0.3, -0.25) is 4.79 Å². The van der Waals surface area contributed by atoms with Crippen LogP contribution >= 0.6 is 0 Å². The van der Waals surface area contributed by atoms with Gasteiger partial charge in [-0.2, -0.15) is 5.10 Å². The number of para-hydroxylation sites is 1. The molecule has 0 aliphatic rings. The molecule has 3 aromatic carbocycles.